The van der Waals surface area contributed by atoms with Gasteiger partial charge in [0.25, 0.3) is 10.0 Å². The molecule has 2 fully saturated rings. The third-order valence-electron chi connectivity index (χ3n) is 5.66. The maximum Gasteiger partial charge on any atom is 0.439 e. The highest BCUT2D eigenvalue weighted by atomic mass is 32.2. The van der Waals surface area contributed by atoms with E-state index in [1.807, 2.05) is 0 Å². The van der Waals surface area contributed by atoms with Crippen LogP contribution in [0.25, 0.3) is 0 Å². The summed E-state index contributed by atoms with van der Waals surface area (Å²) in [6.45, 7) is -2.32. The van der Waals surface area contributed by atoms with E-state index in [9.17, 15) is 43.2 Å². The molecule has 2 saturated heterocycles. The van der Waals surface area contributed by atoms with Crippen LogP contribution in [-0.4, -0.2) is 70.5 Å². The van der Waals surface area contributed by atoms with Crippen molar-refractivity contribution in [2.24, 2.45) is 0 Å². The largest absolute Gasteiger partial charge is 0.439 e. The summed E-state index contributed by atoms with van der Waals surface area (Å²) >= 11 is 0. The second kappa shape index (κ2) is 9.78. The minimum absolute atomic E-state index is 0.0382. The molecule has 0 amide bonds. The zero-order valence-electron chi connectivity index (χ0n) is 18.1. The van der Waals surface area contributed by atoms with Gasteiger partial charge in [-0.3, -0.25) is 4.18 Å². The van der Waals surface area contributed by atoms with Gasteiger partial charge in [-0.05, 0) is 12.8 Å². The van der Waals surface area contributed by atoms with Crippen LogP contribution in [0.5, 0.6) is 0 Å². The Morgan fingerprint density at radius 3 is 1.94 bits per heavy atom. The number of nitrogens with zero attached hydrogens (tertiary/aromatic N) is 1. The van der Waals surface area contributed by atoms with E-state index >= 15 is 0 Å². The van der Waals surface area contributed by atoms with Crippen LogP contribution in [0, 0.1) is 0 Å². The number of ether oxygens (including phenoxy) is 2. The molecule has 200 valence electrons. The van der Waals surface area contributed by atoms with Gasteiger partial charge in [-0.15, -0.1) is 0 Å². The minimum Gasteiger partial charge on any atom is -0.343 e. The number of sulfonamides is 1. The van der Waals surface area contributed by atoms with Crippen molar-refractivity contribution >= 4 is 20.1 Å². The highest BCUT2D eigenvalue weighted by Gasteiger charge is 2.83. The lowest BCUT2D eigenvalue weighted by Crippen LogP contribution is -2.63. The molecule has 0 unspecified atom stereocenters. The van der Waals surface area contributed by atoms with Crippen LogP contribution in [0.2, 0.25) is 0 Å². The normalized spacial score (nSPS) is 20.7. The zero-order chi connectivity index (χ0) is 26.2. The van der Waals surface area contributed by atoms with Gasteiger partial charge in [0.15, 0.2) is 5.79 Å². The second-order valence-electron chi connectivity index (χ2n) is 7.91. The molecule has 0 aromatic heterocycles. The quantitative estimate of drug-likeness (QED) is 0.323. The maximum absolute atomic E-state index is 14.4. The van der Waals surface area contributed by atoms with Crippen LogP contribution in [0.4, 0.5) is 26.3 Å². The fourth-order valence-electron chi connectivity index (χ4n) is 3.72. The van der Waals surface area contributed by atoms with E-state index in [0.29, 0.717) is 12.0 Å². The van der Waals surface area contributed by atoms with Crippen molar-refractivity contribution in [1.82, 2.24) is 4.31 Å². The topological polar surface area (TPSA) is 99.2 Å². The van der Waals surface area contributed by atoms with Crippen molar-refractivity contribution < 1.29 is 56.8 Å². The molecule has 1 aromatic carbocycles. The highest BCUT2D eigenvalue weighted by molar-refractivity contribution is 7.90. The van der Waals surface area contributed by atoms with Crippen LogP contribution in [0.15, 0.2) is 30.3 Å². The van der Waals surface area contributed by atoms with Crippen LogP contribution in [0.3, 0.4) is 0 Å². The van der Waals surface area contributed by atoms with Crippen molar-refractivity contribution in [3.05, 3.63) is 35.9 Å². The minimum atomic E-state index is -6.85. The first-order chi connectivity index (χ1) is 16.1. The monoisotopic (exact) mass is 555 g/mol. The predicted molar refractivity (Wildman–Crippen MR) is 109 cm³/mol. The van der Waals surface area contributed by atoms with Crippen molar-refractivity contribution in [2.45, 2.75) is 47.9 Å². The third kappa shape index (κ3) is 4.80. The molecule has 0 spiro atoms. The van der Waals surface area contributed by atoms with E-state index < -0.39 is 68.5 Å². The molecule has 35 heavy (non-hydrogen) atoms. The molecule has 0 N–H and O–H groups in total. The Labute approximate surface area is 198 Å². The summed E-state index contributed by atoms with van der Waals surface area (Å²) in [5.74, 6) is -8.50. The number of hydrogen-bond donors (Lipinski definition) is 0. The van der Waals surface area contributed by atoms with Crippen molar-refractivity contribution in [1.29, 1.82) is 0 Å². The molecule has 2 heterocycles. The van der Waals surface area contributed by atoms with Crippen LogP contribution < -0.4 is 0 Å². The molecular formula is C19H23F6NO7S2. The lowest BCUT2D eigenvalue weighted by Gasteiger charge is -2.35. The van der Waals surface area contributed by atoms with Gasteiger partial charge in [0.1, 0.15) is 0 Å². The smallest absolute Gasteiger partial charge is 0.343 e. The molecule has 2 aliphatic heterocycles. The maximum atomic E-state index is 14.4. The number of halogens is 6. The van der Waals surface area contributed by atoms with E-state index in [2.05, 4.69) is 4.18 Å². The summed E-state index contributed by atoms with van der Waals surface area (Å²) in [7, 11) is -13.1. The van der Waals surface area contributed by atoms with Gasteiger partial charge in [-0.1, -0.05) is 36.8 Å². The summed E-state index contributed by atoms with van der Waals surface area (Å²) in [6, 6.07) is 7.79. The van der Waals surface area contributed by atoms with Gasteiger partial charge in [0.05, 0.1) is 19.8 Å². The van der Waals surface area contributed by atoms with Crippen molar-refractivity contribution in [2.75, 3.05) is 32.9 Å². The molecule has 0 atom stereocenters. The van der Waals surface area contributed by atoms with Crippen LogP contribution in [-0.2, 0) is 39.6 Å². The molecule has 0 aliphatic carbocycles. The number of rotatable bonds is 10. The van der Waals surface area contributed by atoms with E-state index in [1.54, 1.807) is 18.2 Å². The van der Waals surface area contributed by atoms with E-state index in [0.717, 1.165) is 0 Å². The Morgan fingerprint density at radius 1 is 0.857 bits per heavy atom. The van der Waals surface area contributed by atoms with Gasteiger partial charge in [-0.25, -0.2) is 8.42 Å². The van der Waals surface area contributed by atoms with Gasteiger partial charge in [0.2, 0.25) is 0 Å². The summed E-state index contributed by atoms with van der Waals surface area (Å²) in [6.07, 6.45) is -0.0669. The van der Waals surface area contributed by atoms with Gasteiger partial charge >= 0.3 is 26.5 Å². The molecule has 16 heteroatoms. The van der Waals surface area contributed by atoms with Crippen molar-refractivity contribution in [3.8, 4) is 0 Å². The SMILES string of the molecule is O=S(=O)(OCCC1(c2ccccc2)OCCO1)C(F)(F)C(F)(F)C(F)(F)S(=O)(=O)N1CCCCC1. The molecular weight excluding hydrogens is 532 g/mol. The van der Waals surface area contributed by atoms with Gasteiger partial charge < -0.3 is 9.47 Å². The standard InChI is InChI=1S/C19H23F6NO7S2/c20-17(21,18(22,23)34(27,28)26-10-5-2-6-11-26)19(24,25)35(29,30)33-12-9-16(31-13-14-32-16)15-7-3-1-4-8-15/h1,3-4,7-8H,2,5-6,9-14H2. The molecule has 2 aliphatic rings. The lowest BCUT2D eigenvalue weighted by molar-refractivity contribution is -0.247. The van der Waals surface area contributed by atoms with Gasteiger partial charge in [0, 0.05) is 25.1 Å². The summed E-state index contributed by atoms with van der Waals surface area (Å²) in [4.78, 5) is 0. The molecule has 3 rings (SSSR count). The average molecular weight is 556 g/mol. The summed E-state index contributed by atoms with van der Waals surface area (Å²) < 4.78 is 149. The highest BCUT2D eigenvalue weighted by Crippen LogP contribution is 2.52. The average Bonchev–Trinajstić information content (AvgIpc) is 3.29. The third-order valence-corrected chi connectivity index (χ3v) is 8.97. The second-order valence-corrected chi connectivity index (χ2v) is 11.6. The molecule has 0 bridgehead atoms. The number of piperidine rings is 1. The van der Waals surface area contributed by atoms with Gasteiger partial charge in [-0.2, -0.15) is 39.1 Å². The molecule has 0 saturated carbocycles. The summed E-state index contributed by atoms with van der Waals surface area (Å²) in [5.41, 5.74) is 0.342. The first-order valence-electron chi connectivity index (χ1n) is 10.5. The fourth-order valence-corrected chi connectivity index (χ4v) is 6.19. The predicted octanol–water partition coefficient (Wildman–Crippen LogP) is 3.26. The first-order valence-corrected chi connectivity index (χ1v) is 13.3. The number of alkyl halides is 6. The Morgan fingerprint density at radius 2 is 1.40 bits per heavy atom. The summed E-state index contributed by atoms with van der Waals surface area (Å²) in [5, 5.41) is -13.0. The molecule has 0 radical (unpaired) electrons. The number of hydrogen-bond acceptors (Lipinski definition) is 7. The molecule has 1 aromatic rings. The van der Waals surface area contributed by atoms with E-state index in [1.165, 1.54) is 12.1 Å². The Kier molecular flexibility index (Phi) is 7.85. The van der Waals surface area contributed by atoms with Crippen LogP contribution in [0.1, 0.15) is 31.2 Å². The van der Waals surface area contributed by atoms with E-state index in [4.69, 9.17) is 9.47 Å². The number of benzene rings is 1. The molecule has 8 nitrogen and oxygen atoms in total. The fraction of sp³-hybridized carbons (Fsp3) is 0.684. The Bertz CT molecular complexity index is 1090. The van der Waals surface area contributed by atoms with Crippen molar-refractivity contribution in [3.63, 3.8) is 0 Å². The van der Waals surface area contributed by atoms with Crippen LogP contribution >= 0.6 is 0 Å². The Balaban J connectivity index is 1.80. The van der Waals surface area contributed by atoms with E-state index in [-0.39, 0.29) is 30.4 Å². The zero-order valence-corrected chi connectivity index (χ0v) is 19.8. The first kappa shape index (κ1) is 28.1. The lowest BCUT2D eigenvalue weighted by atomic mass is 10.0. The Hall–Kier alpha value is -1.46.